The molecule has 0 fully saturated rings. The maximum atomic E-state index is 13.0. The highest BCUT2D eigenvalue weighted by Crippen LogP contribution is 2.20. The molecule has 0 saturated carbocycles. The second kappa shape index (κ2) is 9.89. The van der Waals surface area contributed by atoms with Crippen LogP contribution in [-0.4, -0.2) is 53.5 Å². The summed E-state index contributed by atoms with van der Waals surface area (Å²) in [6.07, 6.45) is 0.631. The molecule has 1 aromatic heterocycles. The number of carbonyl (C=O) groups is 2. The molecule has 1 aromatic carbocycles. The largest absolute Gasteiger partial charge is 0.465 e. The van der Waals surface area contributed by atoms with Crippen LogP contribution in [0, 0.1) is 0 Å². The van der Waals surface area contributed by atoms with E-state index in [4.69, 9.17) is 9.47 Å². The van der Waals surface area contributed by atoms with Crippen molar-refractivity contribution in [3.63, 3.8) is 0 Å². The van der Waals surface area contributed by atoms with Gasteiger partial charge in [0.05, 0.1) is 29.3 Å². The highest BCUT2D eigenvalue weighted by Gasteiger charge is 2.17. The molecule has 0 bridgehead atoms. The molecule has 1 N–H and O–H groups in total. The summed E-state index contributed by atoms with van der Waals surface area (Å²) in [5.74, 6) is -0.531. The number of nitrogens with one attached hydrogen (secondary N) is 1. The minimum atomic E-state index is -0.503. The van der Waals surface area contributed by atoms with Crippen LogP contribution in [0.2, 0.25) is 0 Å². The van der Waals surface area contributed by atoms with E-state index in [-0.39, 0.29) is 22.8 Å². The quantitative estimate of drug-likeness (QED) is 0.302. The van der Waals surface area contributed by atoms with Gasteiger partial charge in [-0.3, -0.25) is 14.2 Å². The molecule has 0 saturated heterocycles. The van der Waals surface area contributed by atoms with Gasteiger partial charge in [-0.05, 0) is 45.4 Å². The van der Waals surface area contributed by atoms with Crippen molar-refractivity contribution in [2.24, 2.45) is 0 Å². The number of aromatic nitrogens is 2. The Labute approximate surface area is 174 Å². The first-order valence-electron chi connectivity index (χ1n) is 9.22. The fourth-order valence-corrected chi connectivity index (χ4v) is 3.53. The van der Waals surface area contributed by atoms with Gasteiger partial charge in [0, 0.05) is 25.8 Å². The Kier molecular flexibility index (Phi) is 7.80. The Morgan fingerprint density at radius 2 is 1.97 bits per heavy atom. The second-order valence-corrected chi connectivity index (χ2v) is 8.45. The van der Waals surface area contributed by atoms with Crippen LogP contribution in [0.5, 0.6) is 0 Å². The lowest BCUT2D eigenvalue weighted by atomic mass is 10.1. The molecule has 0 aliphatic rings. The number of carbonyl (C=O) groups excluding carboxylic acids is 2. The Morgan fingerprint density at radius 3 is 2.59 bits per heavy atom. The summed E-state index contributed by atoms with van der Waals surface area (Å²) in [7, 11) is 2.89. The minimum Gasteiger partial charge on any atom is -0.465 e. The molecule has 29 heavy (non-hydrogen) atoms. The Hall–Kier alpha value is -2.39. The van der Waals surface area contributed by atoms with Crippen molar-refractivity contribution in [2.45, 2.75) is 44.4 Å². The first-order chi connectivity index (χ1) is 13.7. The molecular weight excluding hydrogens is 394 g/mol. The molecule has 8 nitrogen and oxygen atoms in total. The van der Waals surface area contributed by atoms with E-state index in [0.717, 1.165) is 0 Å². The summed E-state index contributed by atoms with van der Waals surface area (Å²) in [5.41, 5.74) is 0.133. The lowest BCUT2D eigenvalue weighted by molar-refractivity contribution is -0.119. The van der Waals surface area contributed by atoms with E-state index in [9.17, 15) is 14.4 Å². The third kappa shape index (κ3) is 6.30. The number of fused-ring (bicyclic) bond motifs is 1. The number of methoxy groups -OCH3 is 2. The second-order valence-electron chi connectivity index (χ2n) is 7.51. The molecule has 0 aliphatic carbocycles. The van der Waals surface area contributed by atoms with Crippen LogP contribution in [0.4, 0.5) is 0 Å². The van der Waals surface area contributed by atoms with Crippen molar-refractivity contribution in [1.82, 2.24) is 14.9 Å². The minimum absolute atomic E-state index is 0.121. The fourth-order valence-electron chi connectivity index (χ4n) is 2.70. The number of hydrogen-bond acceptors (Lipinski definition) is 7. The third-order valence-electron chi connectivity index (χ3n) is 3.92. The Bertz CT molecular complexity index is 950. The molecule has 9 heteroatoms. The molecule has 1 amide bonds. The molecule has 2 aromatic rings. The molecule has 0 radical (unpaired) electrons. The summed E-state index contributed by atoms with van der Waals surface area (Å²) >= 11 is 1.19. The predicted molar refractivity (Wildman–Crippen MR) is 112 cm³/mol. The van der Waals surface area contributed by atoms with Gasteiger partial charge in [0.15, 0.2) is 5.16 Å². The van der Waals surface area contributed by atoms with Crippen LogP contribution in [-0.2, 0) is 20.8 Å². The number of esters is 1. The first kappa shape index (κ1) is 22.9. The van der Waals surface area contributed by atoms with Crippen LogP contribution < -0.4 is 10.9 Å². The number of thioether (sulfide) groups is 1. The molecule has 0 aliphatic heterocycles. The molecular formula is C20H27N3O5S. The Morgan fingerprint density at radius 1 is 1.24 bits per heavy atom. The van der Waals surface area contributed by atoms with Gasteiger partial charge in [0.2, 0.25) is 5.91 Å². The number of nitrogens with zero attached hydrogens (tertiary/aromatic N) is 2. The zero-order chi connectivity index (χ0) is 21.6. The van der Waals surface area contributed by atoms with Crippen LogP contribution in [0.3, 0.4) is 0 Å². The summed E-state index contributed by atoms with van der Waals surface area (Å²) in [5, 5.41) is 3.71. The number of hydrogen-bond donors (Lipinski definition) is 1. The zero-order valence-electron chi connectivity index (χ0n) is 17.4. The van der Waals surface area contributed by atoms with Gasteiger partial charge in [-0.2, -0.15) is 0 Å². The van der Waals surface area contributed by atoms with Crippen molar-refractivity contribution >= 4 is 34.5 Å². The van der Waals surface area contributed by atoms with Crippen molar-refractivity contribution in [1.29, 1.82) is 0 Å². The van der Waals surface area contributed by atoms with Crippen LogP contribution >= 0.6 is 11.8 Å². The Balaban J connectivity index is 2.42. The van der Waals surface area contributed by atoms with Gasteiger partial charge in [-0.1, -0.05) is 11.8 Å². The highest BCUT2D eigenvalue weighted by molar-refractivity contribution is 7.99. The smallest absolute Gasteiger partial charge is 0.337 e. The molecule has 1 heterocycles. The van der Waals surface area contributed by atoms with E-state index in [1.165, 1.54) is 24.9 Å². The molecule has 0 spiro atoms. The van der Waals surface area contributed by atoms with Crippen molar-refractivity contribution in [3.8, 4) is 0 Å². The number of benzene rings is 1. The summed E-state index contributed by atoms with van der Waals surface area (Å²) in [4.78, 5) is 41.6. The highest BCUT2D eigenvalue weighted by atomic mass is 32.2. The monoisotopic (exact) mass is 421 g/mol. The van der Waals surface area contributed by atoms with Crippen molar-refractivity contribution < 1.29 is 19.1 Å². The van der Waals surface area contributed by atoms with Crippen LogP contribution in [0.1, 0.15) is 37.6 Å². The fraction of sp³-hybridized carbons (Fsp3) is 0.500. The first-order valence-corrected chi connectivity index (χ1v) is 10.2. The van der Waals surface area contributed by atoms with Gasteiger partial charge in [0.1, 0.15) is 0 Å². The lowest BCUT2D eigenvalue weighted by Gasteiger charge is -2.20. The van der Waals surface area contributed by atoms with E-state index in [0.29, 0.717) is 41.2 Å². The van der Waals surface area contributed by atoms with E-state index in [2.05, 4.69) is 10.3 Å². The average molecular weight is 422 g/mol. The lowest BCUT2D eigenvalue weighted by Crippen LogP contribution is -2.41. The normalized spacial score (nSPS) is 11.5. The maximum absolute atomic E-state index is 13.0. The van der Waals surface area contributed by atoms with Gasteiger partial charge in [0.25, 0.3) is 5.56 Å². The molecule has 2 rings (SSSR count). The molecule has 0 atom stereocenters. The van der Waals surface area contributed by atoms with Gasteiger partial charge < -0.3 is 14.8 Å². The maximum Gasteiger partial charge on any atom is 0.337 e. The van der Waals surface area contributed by atoms with Crippen molar-refractivity contribution in [2.75, 3.05) is 26.6 Å². The van der Waals surface area contributed by atoms with E-state index in [1.807, 2.05) is 20.8 Å². The van der Waals surface area contributed by atoms with E-state index >= 15 is 0 Å². The topological polar surface area (TPSA) is 99.5 Å². The standard InChI is InChI=1S/C20H27N3O5S/c1-20(2,3)22-16(24)12-29-19-21-15-11-13(18(26)28-5)7-8-14(15)17(25)23(19)9-6-10-27-4/h7-8,11H,6,9-10,12H2,1-5H3,(H,22,24). The third-order valence-corrected chi connectivity index (χ3v) is 4.89. The predicted octanol–water partition coefficient (Wildman–Crippen LogP) is 2.23. The van der Waals surface area contributed by atoms with Crippen LogP contribution in [0.25, 0.3) is 10.9 Å². The van der Waals surface area contributed by atoms with Gasteiger partial charge in [-0.25, -0.2) is 9.78 Å². The summed E-state index contributed by atoms with van der Waals surface area (Å²) < 4.78 is 11.4. The number of ether oxygens (including phenoxy) is 2. The van der Waals surface area contributed by atoms with Gasteiger partial charge in [-0.15, -0.1) is 0 Å². The number of amides is 1. The SMILES string of the molecule is COCCCn1c(SCC(=O)NC(C)(C)C)nc2cc(C(=O)OC)ccc2c1=O. The van der Waals surface area contributed by atoms with Gasteiger partial charge >= 0.3 is 5.97 Å². The average Bonchev–Trinajstić information content (AvgIpc) is 2.66. The summed E-state index contributed by atoms with van der Waals surface area (Å²) in [6.45, 7) is 6.62. The number of rotatable bonds is 8. The van der Waals surface area contributed by atoms with E-state index in [1.54, 1.807) is 23.8 Å². The van der Waals surface area contributed by atoms with Crippen molar-refractivity contribution in [3.05, 3.63) is 34.1 Å². The summed E-state index contributed by atoms with van der Waals surface area (Å²) in [6, 6.07) is 4.65. The van der Waals surface area contributed by atoms with E-state index < -0.39 is 5.97 Å². The molecule has 158 valence electrons. The van der Waals surface area contributed by atoms with Crippen LogP contribution in [0.15, 0.2) is 28.2 Å². The zero-order valence-corrected chi connectivity index (χ0v) is 18.2. The molecule has 0 unspecified atom stereocenters.